The van der Waals surface area contributed by atoms with Gasteiger partial charge in [-0.3, -0.25) is 4.79 Å². The van der Waals surface area contributed by atoms with Gasteiger partial charge >= 0.3 is 0 Å². The fraction of sp³-hybridized carbons (Fsp3) is 0.421. The Bertz CT molecular complexity index is 747. The summed E-state index contributed by atoms with van der Waals surface area (Å²) in [6, 6.07) is 11.3. The highest BCUT2D eigenvalue weighted by molar-refractivity contribution is 6.36. The third-order valence-electron chi connectivity index (χ3n) is 4.80. The monoisotopic (exact) mass is 346 g/mol. The van der Waals surface area contributed by atoms with Crippen LogP contribution in [0.5, 0.6) is 0 Å². The van der Waals surface area contributed by atoms with Gasteiger partial charge in [-0.25, -0.2) is 0 Å². The summed E-state index contributed by atoms with van der Waals surface area (Å²) in [6.07, 6.45) is 0. The minimum Gasteiger partial charge on any atom is -0.396 e. The lowest BCUT2D eigenvalue weighted by molar-refractivity contribution is 0.0781. The van der Waals surface area contributed by atoms with Crippen molar-refractivity contribution < 1.29 is 9.90 Å². The van der Waals surface area contributed by atoms with Gasteiger partial charge in [-0.1, -0.05) is 35.9 Å². The average molecular weight is 347 g/mol. The third-order valence-corrected chi connectivity index (χ3v) is 5.13. The first-order chi connectivity index (χ1) is 11.5. The molecule has 24 heavy (non-hydrogen) atoms. The van der Waals surface area contributed by atoms with Gasteiger partial charge in [-0.2, -0.15) is 0 Å². The van der Waals surface area contributed by atoms with E-state index in [2.05, 4.69) is 4.90 Å². The Morgan fingerprint density at radius 1 is 1.17 bits per heavy atom. The van der Waals surface area contributed by atoms with E-state index in [1.54, 1.807) is 0 Å². The highest BCUT2D eigenvalue weighted by atomic mass is 35.5. The van der Waals surface area contributed by atoms with Gasteiger partial charge in [-0.05, 0) is 37.5 Å². The smallest absolute Gasteiger partial charge is 0.254 e. The molecule has 1 saturated heterocycles. The summed E-state index contributed by atoms with van der Waals surface area (Å²) in [4.78, 5) is 17.0. The molecule has 0 spiro atoms. The summed E-state index contributed by atoms with van der Waals surface area (Å²) >= 11 is 6.26. The van der Waals surface area contributed by atoms with Crippen molar-refractivity contribution in [3.8, 4) is 0 Å². The quantitative estimate of drug-likeness (QED) is 0.925. The van der Waals surface area contributed by atoms with Crippen LogP contribution in [-0.4, -0.2) is 61.2 Å². The molecule has 0 saturated carbocycles. The van der Waals surface area contributed by atoms with E-state index in [1.165, 1.54) is 0 Å². The number of carbonyl (C=O) groups excluding carboxylic acids is 1. The van der Waals surface area contributed by atoms with Gasteiger partial charge < -0.3 is 14.9 Å². The normalized spacial score (nSPS) is 21.0. The van der Waals surface area contributed by atoms with Crippen LogP contribution in [0, 0.1) is 11.8 Å². The maximum absolute atomic E-state index is 13.1. The molecule has 4 nitrogen and oxygen atoms in total. The highest BCUT2D eigenvalue weighted by Crippen LogP contribution is 2.29. The number of fused-ring (bicyclic) bond motifs is 1. The molecule has 0 radical (unpaired) electrons. The van der Waals surface area contributed by atoms with Crippen LogP contribution in [0.1, 0.15) is 10.4 Å². The summed E-state index contributed by atoms with van der Waals surface area (Å²) in [5.74, 6) is 0.449. The standard InChI is InChI=1S/C19H23ClN2O2/c1-21(2)9-13-10-22(11-14(13)12-23)19(24)17-7-3-6-16-15(17)5-4-8-18(16)20/h3-8,13-14,23H,9-12H2,1-2H3/t13-,14-/m1/s1. The minimum absolute atomic E-state index is 0.0163. The fourth-order valence-corrected chi connectivity index (χ4v) is 3.85. The lowest BCUT2D eigenvalue weighted by atomic mass is 9.97. The number of aliphatic hydroxyl groups excluding tert-OH is 1. The van der Waals surface area contributed by atoms with E-state index in [0.29, 0.717) is 29.6 Å². The topological polar surface area (TPSA) is 43.8 Å². The number of nitrogens with zero attached hydrogens (tertiary/aromatic N) is 2. The first-order valence-electron chi connectivity index (χ1n) is 8.23. The van der Waals surface area contributed by atoms with Crippen LogP contribution in [0.15, 0.2) is 36.4 Å². The van der Waals surface area contributed by atoms with E-state index in [-0.39, 0.29) is 18.4 Å². The third kappa shape index (κ3) is 3.27. The largest absolute Gasteiger partial charge is 0.396 e. The second kappa shape index (κ2) is 7.09. The molecule has 0 unspecified atom stereocenters. The number of carbonyl (C=O) groups is 1. The molecule has 0 aliphatic carbocycles. The summed E-state index contributed by atoms with van der Waals surface area (Å²) in [5, 5.41) is 12.1. The molecular formula is C19H23ClN2O2. The maximum atomic E-state index is 13.1. The summed E-state index contributed by atoms with van der Waals surface area (Å²) in [6.45, 7) is 2.27. The van der Waals surface area contributed by atoms with E-state index in [0.717, 1.165) is 17.3 Å². The van der Waals surface area contributed by atoms with Gasteiger partial charge in [0.05, 0.1) is 0 Å². The van der Waals surface area contributed by atoms with Crippen LogP contribution >= 0.6 is 11.6 Å². The molecule has 1 fully saturated rings. The number of halogens is 1. The van der Waals surface area contributed by atoms with Crippen molar-refractivity contribution >= 4 is 28.3 Å². The van der Waals surface area contributed by atoms with Gasteiger partial charge in [0.25, 0.3) is 5.91 Å². The number of rotatable bonds is 4. The number of amides is 1. The molecular weight excluding hydrogens is 324 g/mol. The molecule has 2 atom stereocenters. The molecule has 0 aromatic heterocycles. The summed E-state index contributed by atoms with van der Waals surface area (Å²) in [5.41, 5.74) is 0.678. The molecule has 5 heteroatoms. The number of likely N-dealkylation sites (tertiary alicyclic amines) is 1. The van der Waals surface area contributed by atoms with Crippen molar-refractivity contribution in [1.29, 1.82) is 0 Å². The Kier molecular flexibility index (Phi) is 5.09. The Hall–Kier alpha value is -1.62. The van der Waals surface area contributed by atoms with Crippen LogP contribution in [0.4, 0.5) is 0 Å². The molecule has 1 aliphatic rings. The van der Waals surface area contributed by atoms with Gasteiger partial charge in [0.15, 0.2) is 0 Å². The lowest BCUT2D eigenvalue weighted by Crippen LogP contribution is -2.31. The Morgan fingerprint density at radius 3 is 2.54 bits per heavy atom. The van der Waals surface area contributed by atoms with Crippen LogP contribution in [0.2, 0.25) is 5.02 Å². The van der Waals surface area contributed by atoms with Gasteiger partial charge in [-0.15, -0.1) is 0 Å². The zero-order valence-corrected chi connectivity index (χ0v) is 14.8. The van der Waals surface area contributed by atoms with Crippen LogP contribution in [-0.2, 0) is 0 Å². The summed E-state index contributed by atoms with van der Waals surface area (Å²) < 4.78 is 0. The van der Waals surface area contributed by atoms with Gasteiger partial charge in [0.2, 0.25) is 0 Å². The molecule has 128 valence electrons. The van der Waals surface area contributed by atoms with Crippen molar-refractivity contribution in [1.82, 2.24) is 9.80 Å². The highest BCUT2D eigenvalue weighted by Gasteiger charge is 2.35. The van der Waals surface area contributed by atoms with Crippen molar-refractivity contribution in [3.63, 3.8) is 0 Å². The molecule has 0 bridgehead atoms. The molecule has 1 amide bonds. The van der Waals surface area contributed by atoms with Gasteiger partial charge in [0.1, 0.15) is 0 Å². The summed E-state index contributed by atoms with van der Waals surface area (Å²) in [7, 11) is 4.04. The average Bonchev–Trinajstić information content (AvgIpc) is 2.96. The molecule has 1 N–H and O–H groups in total. The molecule has 2 aromatic rings. The van der Waals surface area contributed by atoms with Crippen molar-refractivity contribution in [2.75, 3.05) is 40.3 Å². The minimum atomic E-state index is 0.0163. The van der Waals surface area contributed by atoms with E-state index in [1.807, 2.05) is 55.4 Å². The number of aliphatic hydroxyl groups is 1. The first kappa shape index (κ1) is 17.2. The second-order valence-electron chi connectivity index (χ2n) is 6.82. The molecule has 2 aromatic carbocycles. The van der Waals surface area contributed by atoms with Gasteiger partial charge in [0, 0.05) is 48.1 Å². The molecule has 3 rings (SSSR count). The molecule has 1 aliphatic heterocycles. The van der Waals surface area contributed by atoms with Crippen LogP contribution < -0.4 is 0 Å². The predicted octanol–water partition coefficient (Wildman–Crippen LogP) is 2.74. The Balaban J connectivity index is 1.89. The van der Waals surface area contributed by atoms with E-state index in [9.17, 15) is 9.90 Å². The number of hydrogen-bond acceptors (Lipinski definition) is 3. The first-order valence-corrected chi connectivity index (χ1v) is 8.61. The lowest BCUT2D eigenvalue weighted by Gasteiger charge is -2.20. The predicted molar refractivity (Wildman–Crippen MR) is 97.5 cm³/mol. The number of hydrogen-bond donors (Lipinski definition) is 1. The van der Waals surface area contributed by atoms with Crippen LogP contribution in [0.25, 0.3) is 10.8 Å². The van der Waals surface area contributed by atoms with Crippen molar-refractivity contribution in [2.24, 2.45) is 11.8 Å². The maximum Gasteiger partial charge on any atom is 0.254 e. The molecule has 1 heterocycles. The number of benzene rings is 2. The van der Waals surface area contributed by atoms with E-state index >= 15 is 0 Å². The fourth-order valence-electron chi connectivity index (χ4n) is 3.62. The SMILES string of the molecule is CN(C)C[C@@H]1CN(C(=O)c2cccc3c(Cl)cccc23)C[C@@H]1CO. The second-order valence-corrected chi connectivity index (χ2v) is 7.22. The zero-order chi connectivity index (χ0) is 17.3. The van der Waals surface area contributed by atoms with Crippen molar-refractivity contribution in [2.45, 2.75) is 0 Å². The Labute approximate surface area is 147 Å². The van der Waals surface area contributed by atoms with Crippen molar-refractivity contribution in [3.05, 3.63) is 47.0 Å². The van der Waals surface area contributed by atoms with E-state index in [4.69, 9.17) is 11.6 Å². The zero-order valence-electron chi connectivity index (χ0n) is 14.1. The van der Waals surface area contributed by atoms with E-state index < -0.39 is 0 Å². The van der Waals surface area contributed by atoms with Crippen LogP contribution in [0.3, 0.4) is 0 Å². The Morgan fingerprint density at radius 2 is 1.83 bits per heavy atom.